The number of hydrogen-bond donors (Lipinski definition) is 1. The maximum Gasteiger partial charge on any atom is 0.0546 e. The van der Waals surface area contributed by atoms with Crippen LogP contribution < -0.4 is 0 Å². The molecular weight excluding hydrogens is 244 g/mol. The Morgan fingerprint density at radius 2 is 1.85 bits per heavy atom. The van der Waals surface area contributed by atoms with E-state index in [4.69, 9.17) is 0 Å². The van der Waals surface area contributed by atoms with Gasteiger partial charge in [0.15, 0.2) is 0 Å². The zero-order valence-corrected chi connectivity index (χ0v) is 13.4. The van der Waals surface area contributed by atoms with Crippen LogP contribution in [-0.4, -0.2) is 11.2 Å². The highest BCUT2D eigenvalue weighted by molar-refractivity contribution is 5.30. The van der Waals surface area contributed by atoms with Gasteiger partial charge < -0.3 is 5.11 Å². The van der Waals surface area contributed by atoms with Gasteiger partial charge in [-0.2, -0.15) is 0 Å². The summed E-state index contributed by atoms with van der Waals surface area (Å²) in [5.74, 6) is 0.562. The van der Waals surface area contributed by atoms with Crippen LogP contribution in [0.4, 0.5) is 0 Å². The first-order valence-corrected chi connectivity index (χ1v) is 8.31. The van der Waals surface area contributed by atoms with Crippen LogP contribution in [0.2, 0.25) is 0 Å². The third kappa shape index (κ3) is 3.85. The standard InChI is InChI=1S/C19H30O/c1-4-5-13-19(2,3)17-11-9-15(10-12-17)16-7-6-8-18(20)14-16/h9-12,16,18,20H,4-8,13-14H2,1-3H3/t16-,18-/m1/s1. The lowest BCUT2D eigenvalue weighted by molar-refractivity contribution is 0.119. The van der Waals surface area contributed by atoms with Gasteiger partial charge in [-0.25, -0.2) is 0 Å². The van der Waals surface area contributed by atoms with Crippen molar-refractivity contribution in [2.45, 2.75) is 83.2 Å². The molecule has 0 amide bonds. The van der Waals surface area contributed by atoms with Crippen LogP contribution in [0.15, 0.2) is 24.3 Å². The molecule has 1 aliphatic rings. The fraction of sp³-hybridized carbons (Fsp3) is 0.684. The topological polar surface area (TPSA) is 20.2 Å². The van der Waals surface area contributed by atoms with Crippen molar-refractivity contribution in [2.75, 3.05) is 0 Å². The molecule has 1 aromatic carbocycles. The van der Waals surface area contributed by atoms with Crippen molar-refractivity contribution >= 4 is 0 Å². The fourth-order valence-electron chi connectivity index (χ4n) is 3.44. The zero-order chi connectivity index (χ0) is 14.6. The third-order valence-corrected chi connectivity index (χ3v) is 4.97. The van der Waals surface area contributed by atoms with Crippen LogP contribution in [0.25, 0.3) is 0 Å². The highest BCUT2D eigenvalue weighted by Crippen LogP contribution is 2.35. The van der Waals surface area contributed by atoms with Gasteiger partial charge in [0, 0.05) is 0 Å². The van der Waals surface area contributed by atoms with E-state index in [0.29, 0.717) is 5.92 Å². The number of benzene rings is 1. The van der Waals surface area contributed by atoms with Gasteiger partial charge in [0.25, 0.3) is 0 Å². The Morgan fingerprint density at radius 1 is 1.15 bits per heavy atom. The smallest absolute Gasteiger partial charge is 0.0546 e. The molecule has 1 saturated carbocycles. The van der Waals surface area contributed by atoms with E-state index in [1.807, 2.05) is 0 Å². The molecule has 0 bridgehead atoms. The Kier molecular flexibility index (Phi) is 5.26. The maximum atomic E-state index is 9.82. The van der Waals surface area contributed by atoms with Gasteiger partial charge in [0.2, 0.25) is 0 Å². The summed E-state index contributed by atoms with van der Waals surface area (Å²) < 4.78 is 0. The molecule has 0 radical (unpaired) electrons. The van der Waals surface area contributed by atoms with Crippen molar-refractivity contribution in [1.82, 2.24) is 0 Å². The van der Waals surface area contributed by atoms with E-state index in [9.17, 15) is 5.11 Å². The minimum absolute atomic E-state index is 0.0885. The molecule has 1 fully saturated rings. The van der Waals surface area contributed by atoms with Gasteiger partial charge in [-0.05, 0) is 48.1 Å². The first kappa shape index (κ1) is 15.6. The average Bonchev–Trinajstić information content (AvgIpc) is 2.45. The minimum Gasteiger partial charge on any atom is -0.393 e. The first-order chi connectivity index (χ1) is 9.53. The Labute approximate surface area is 124 Å². The van der Waals surface area contributed by atoms with Gasteiger partial charge in [0.05, 0.1) is 6.10 Å². The highest BCUT2D eigenvalue weighted by Gasteiger charge is 2.23. The molecule has 2 rings (SSSR count). The Bertz CT molecular complexity index is 404. The molecule has 1 nitrogen and oxygen atoms in total. The van der Waals surface area contributed by atoms with Crippen LogP contribution in [0.1, 0.15) is 82.8 Å². The lowest BCUT2D eigenvalue weighted by Gasteiger charge is -2.28. The highest BCUT2D eigenvalue weighted by atomic mass is 16.3. The van der Waals surface area contributed by atoms with Crippen LogP contribution >= 0.6 is 0 Å². The largest absolute Gasteiger partial charge is 0.393 e. The maximum absolute atomic E-state index is 9.82. The van der Waals surface area contributed by atoms with E-state index in [1.54, 1.807) is 0 Å². The number of aliphatic hydroxyl groups is 1. The normalized spacial score (nSPS) is 23.8. The number of aliphatic hydroxyl groups excluding tert-OH is 1. The van der Waals surface area contributed by atoms with Crippen molar-refractivity contribution in [3.05, 3.63) is 35.4 Å². The minimum atomic E-state index is -0.0885. The lowest BCUT2D eigenvalue weighted by Crippen LogP contribution is -2.19. The van der Waals surface area contributed by atoms with Crippen LogP contribution in [0.5, 0.6) is 0 Å². The third-order valence-electron chi connectivity index (χ3n) is 4.97. The number of hydrogen-bond acceptors (Lipinski definition) is 1. The van der Waals surface area contributed by atoms with Crippen LogP contribution in [-0.2, 0) is 5.41 Å². The van der Waals surface area contributed by atoms with Crippen LogP contribution in [0.3, 0.4) is 0 Å². The monoisotopic (exact) mass is 274 g/mol. The van der Waals surface area contributed by atoms with Crippen molar-refractivity contribution < 1.29 is 5.11 Å². The summed E-state index contributed by atoms with van der Waals surface area (Å²) in [6.45, 7) is 6.96. The molecule has 1 aromatic rings. The Morgan fingerprint density at radius 3 is 2.45 bits per heavy atom. The predicted molar refractivity (Wildman–Crippen MR) is 86.2 cm³/mol. The Balaban J connectivity index is 2.05. The molecule has 0 unspecified atom stereocenters. The molecule has 1 aliphatic carbocycles. The van der Waals surface area contributed by atoms with Crippen molar-refractivity contribution in [2.24, 2.45) is 0 Å². The van der Waals surface area contributed by atoms with E-state index in [0.717, 1.165) is 19.3 Å². The van der Waals surface area contributed by atoms with Crippen molar-refractivity contribution in [1.29, 1.82) is 0 Å². The summed E-state index contributed by atoms with van der Waals surface area (Å²) in [7, 11) is 0. The second-order valence-electron chi connectivity index (χ2n) is 7.13. The summed E-state index contributed by atoms with van der Waals surface area (Å²) in [6.07, 6.45) is 8.05. The second kappa shape index (κ2) is 6.76. The van der Waals surface area contributed by atoms with E-state index in [1.165, 1.54) is 36.8 Å². The summed E-state index contributed by atoms with van der Waals surface area (Å²) >= 11 is 0. The van der Waals surface area contributed by atoms with E-state index < -0.39 is 0 Å². The quantitative estimate of drug-likeness (QED) is 0.785. The Hall–Kier alpha value is -0.820. The zero-order valence-electron chi connectivity index (χ0n) is 13.4. The van der Waals surface area contributed by atoms with Crippen LogP contribution in [0, 0.1) is 0 Å². The molecule has 112 valence electrons. The second-order valence-corrected chi connectivity index (χ2v) is 7.13. The van der Waals surface area contributed by atoms with E-state index in [2.05, 4.69) is 45.0 Å². The molecule has 2 atom stereocenters. The van der Waals surface area contributed by atoms with Gasteiger partial charge >= 0.3 is 0 Å². The molecule has 1 heteroatoms. The molecule has 1 N–H and O–H groups in total. The molecule has 0 aromatic heterocycles. The summed E-state index contributed by atoms with van der Waals surface area (Å²) in [5, 5.41) is 9.82. The van der Waals surface area contributed by atoms with Crippen molar-refractivity contribution in [3.8, 4) is 0 Å². The van der Waals surface area contributed by atoms with E-state index >= 15 is 0 Å². The van der Waals surface area contributed by atoms with Gasteiger partial charge in [-0.1, -0.05) is 64.3 Å². The van der Waals surface area contributed by atoms with Crippen molar-refractivity contribution in [3.63, 3.8) is 0 Å². The summed E-state index contributed by atoms with van der Waals surface area (Å²) in [5.41, 5.74) is 3.14. The van der Waals surface area contributed by atoms with Gasteiger partial charge in [-0.3, -0.25) is 0 Å². The first-order valence-electron chi connectivity index (χ1n) is 8.31. The molecule has 0 heterocycles. The SMILES string of the molecule is CCCCC(C)(C)c1ccc([C@@H]2CCC[C@@H](O)C2)cc1. The molecular formula is C19H30O. The van der Waals surface area contributed by atoms with Gasteiger partial charge in [-0.15, -0.1) is 0 Å². The summed E-state index contributed by atoms with van der Waals surface area (Å²) in [6, 6.07) is 9.22. The molecule has 0 saturated heterocycles. The fourth-order valence-corrected chi connectivity index (χ4v) is 3.44. The average molecular weight is 274 g/mol. The van der Waals surface area contributed by atoms with Gasteiger partial charge in [0.1, 0.15) is 0 Å². The molecule has 0 aliphatic heterocycles. The number of rotatable bonds is 5. The van der Waals surface area contributed by atoms with E-state index in [-0.39, 0.29) is 11.5 Å². The lowest BCUT2D eigenvalue weighted by atomic mass is 9.78. The summed E-state index contributed by atoms with van der Waals surface area (Å²) in [4.78, 5) is 0. The molecule has 0 spiro atoms. The number of unbranched alkanes of at least 4 members (excludes halogenated alkanes) is 1. The predicted octanol–water partition coefficient (Wildman–Crippen LogP) is 5.17. The molecule has 20 heavy (non-hydrogen) atoms.